The molecule has 2 N–H and O–H groups in total. The third kappa shape index (κ3) is 4.02. The number of nitrogens with one attached hydrogen (secondary N) is 1. The van der Waals surface area contributed by atoms with Crippen molar-refractivity contribution in [2.75, 3.05) is 7.05 Å². The van der Waals surface area contributed by atoms with E-state index >= 15 is 0 Å². The molecule has 8 heteroatoms. The molecule has 2 aromatic heterocycles. The minimum atomic E-state index is -1.06. The van der Waals surface area contributed by atoms with Crippen LogP contribution in [-0.4, -0.2) is 34.0 Å². The van der Waals surface area contributed by atoms with Gasteiger partial charge in [0.05, 0.1) is 12.6 Å². The molecule has 0 aromatic carbocycles. The van der Waals surface area contributed by atoms with E-state index < -0.39 is 5.97 Å². The Morgan fingerprint density at radius 1 is 1.48 bits per heavy atom. The van der Waals surface area contributed by atoms with E-state index in [-0.39, 0.29) is 17.8 Å². The van der Waals surface area contributed by atoms with Crippen LogP contribution in [0.4, 0.5) is 4.79 Å². The van der Waals surface area contributed by atoms with Crippen LogP contribution >= 0.6 is 22.7 Å². The molecule has 2 heterocycles. The third-order valence-corrected chi connectivity index (χ3v) is 4.66. The summed E-state index contributed by atoms with van der Waals surface area (Å²) >= 11 is 2.82. The fraction of sp³-hybridized carbons (Fsp3) is 0.308. The summed E-state index contributed by atoms with van der Waals surface area (Å²) in [4.78, 5) is 29.5. The smallest absolute Gasteiger partial charge is 0.355 e. The summed E-state index contributed by atoms with van der Waals surface area (Å²) in [5, 5.41) is 15.7. The van der Waals surface area contributed by atoms with E-state index in [1.165, 1.54) is 16.7 Å². The number of rotatable bonds is 5. The van der Waals surface area contributed by atoms with E-state index in [4.69, 9.17) is 5.11 Å². The fourth-order valence-corrected chi connectivity index (χ4v) is 3.21. The molecule has 2 aromatic rings. The van der Waals surface area contributed by atoms with E-state index in [2.05, 4.69) is 10.3 Å². The normalized spacial score (nSPS) is 11.9. The van der Waals surface area contributed by atoms with E-state index in [0.29, 0.717) is 11.6 Å². The number of thiophene rings is 1. The number of amides is 2. The zero-order valence-electron chi connectivity index (χ0n) is 11.6. The highest BCUT2D eigenvalue weighted by Crippen LogP contribution is 2.18. The van der Waals surface area contributed by atoms with E-state index in [1.807, 2.05) is 17.5 Å². The summed E-state index contributed by atoms with van der Waals surface area (Å²) in [5.41, 5.74) is 0.00281. The van der Waals surface area contributed by atoms with E-state index in [9.17, 15) is 9.59 Å². The van der Waals surface area contributed by atoms with Crippen LogP contribution in [0.2, 0.25) is 0 Å². The quantitative estimate of drug-likeness (QED) is 0.885. The highest BCUT2D eigenvalue weighted by Gasteiger charge is 2.18. The number of nitrogens with zero attached hydrogens (tertiary/aromatic N) is 2. The Kier molecular flexibility index (Phi) is 4.92. The Bertz CT molecular complexity index is 624. The molecule has 2 amide bonds. The highest BCUT2D eigenvalue weighted by molar-refractivity contribution is 7.10. The number of carboxylic acid groups (broad SMARTS) is 1. The Labute approximate surface area is 130 Å². The van der Waals surface area contributed by atoms with Gasteiger partial charge in [-0.05, 0) is 18.4 Å². The van der Waals surface area contributed by atoms with Crippen molar-refractivity contribution in [3.8, 4) is 0 Å². The average molecular weight is 325 g/mol. The van der Waals surface area contributed by atoms with E-state index in [1.54, 1.807) is 30.2 Å². The predicted molar refractivity (Wildman–Crippen MR) is 81.8 cm³/mol. The summed E-state index contributed by atoms with van der Waals surface area (Å²) in [6, 6.07) is 3.36. The van der Waals surface area contributed by atoms with Crippen LogP contribution in [0.5, 0.6) is 0 Å². The van der Waals surface area contributed by atoms with Gasteiger partial charge in [-0.2, -0.15) is 0 Å². The van der Waals surface area contributed by atoms with Gasteiger partial charge in [-0.25, -0.2) is 14.6 Å². The second kappa shape index (κ2) is 6.68. The molecule has 6 nitrogen and oxygen atoms in total. The first-order valence-corrected chi connectivity index (χ1v) is 7.96. The fourth-order valence-electron chi connectivity index (χ4n) is 1.65. The first kappa shape index (κ1) is 15.5. The largest absolute Gasteiger partial charge is 0.476 e. The number of hydrogen-bond donors (Lipinski definition) is 2. The monoisotopic (exact) mass is 325 g/mol. The number of carbonyl (C=O) groups excluding carboxylic acids is 1. The van der Waals surface area contributed by atoms with Gasteiger partial charge in [0, 0.05) is 17.3 Å². The molecule has 1 atom stereocenters. The molecule has 21 heavy (non-hydrogen) atoms. The van der Waals surface area contributed by atoms with Crippen LogP contribution in [0, 0.1) is 0 Å². The van der Waals surface area contributed by atoms with Crippen molar-refractivity contribution < 1.29 is 14.7 Å². The lowest BCUT2D eigenvalue weighted by Crippen LogP contribution is -2.38. The van der Waals surface area contributed by atoms with Crippen molar-refractivity contribution in [3.63, 3.8) is 0 Å². The lowest BCUT2D eigenvalue weighted by atomic mass is 10.3. The van der Waals surface area contributed by atoms with Crippen LogP contribution in [0.3, 0.4) is 0 Å². The van der Waals surface area contributed by atoms with Gasteiger partial charge in [-0.15, -0.1) is 22.7 Å². The summed E-state index contributed by atoms with van der Waals surface area (Å²) in [7, 11) is 1.71. The van der Waals surface area contributed by atoms with Crippen molar-refractivity contribution in [1.82, 2.24) is 15.2 Å². The number of aromatic carboxylic acids is 1. The number of carboxylic acids is 1. The van der Waals surface area contributed by atoms with E-state index in [0.717, 1.165) is 4.88 Å². The Morgan fingerprint density at radius 2 is 2.24 bits per heavy atom. The first-order chi connectivity index (χ1) is 9.97. The lowest BCUT2D eigenvalue weighted by molar-refractivity contribution is 0.0691. The topological polar surface area (TPSA) is 82.5 Å². The van der Waals surface area contributed by atoms with Gasteiger partial charge in [0.2, 0.25) is 0 Å². The van der Waals surface area contributed by atoms with Gasteiger partial charge >= 0.3 is 12.0 Å². The maximum absolute atomic E-state index is 12.1. The third-order valence-electron chi connectivity index (χ3n) is 2.77. The number of aromatic nitrogens is 1. The first-order valence-electron chi connectivity index (χ1n) is 6.20. The summed E-state index contributed by atoms with van der Waals surface area (Å²) in [5.74, 6) is -1.06. The summed E-state index contributed by atoms with van der Waals surface area (Å²) in [6.45, 7) is 2.32. The molecule has 2 rings (SSSR count). The summed E-state index contributed by atoms with van der Waals surface area (Å²) < 4.78 is 0. The lowest BCUT2D eigenvalue weighted by Gasteiger charge is -2.19. The molecular weight excluding hydrogens is 310 g/mol. The van der Waals surface area contributed by atoms with Crippen molar-refractivity contribution in [2.24, 2.45) is 0 Å². The molecular formula is C13H15N3O3S2. The molecule has 0 aliphatic carbocycles. The number of carbonyl (C=O) groups is 2. The van der Waals surface area contributed by atoms with Crippen LogP contribution in [0.25, 0.3) is 0 Å². The van der Waals surface area contributed by atoms with Crippen LogP contribution in [0.15, 0.2) is 22.9 Å². The molecule has 0 fully saturated rings. The van der Waals surface area contributed by atoms with Gasteiger partial charge in [0.25, 0.3) is 0 Å². The van der Waals surface area contributed by atoms with Crippen molar-refractivity contribution >= 4 is 34.7 Å². The second-order valence-corrected chi connectivity index (χ2v) is 6.40. The molecule has 0 spiro atoms. The maximum Gasteiger partial charge on any atom is 0.355 e. The van der Waals surface area contributed by atoms with Crippen LogP contribution < -0.4 is 5.32 Å². The standard InChI is InChI=1S/C13H15N3O3S2/c1-8(11-15-10(7-21-11)12(17)18)14-13(19)16(2)6-9-4-3-5-20-9/h3-5,7-8H,6H2,1-2H3,(H,14,19)(H,17,18). The number of urea groups is 1. The SMILES string of the molecule is CC(NC(=O)N(C)Cc1cccs1)c1nc(C(=O)O)cs1. The Morgan fingerprint density at radius 3 is 2.81 bits per heavy atom. The summed E-state index contributed by atoms with van der Waals surface area (Å²) in [6.07, 6.45) is 0. The van der Waals surface area contributed by atoms with Crippen molar-refractivity contribution in [3.05, 3.63) is 38.5 Å². The van der Waals surface area contributed by atoms with Gasteiger partial charge in [-0.3, -0.25) is 0 Å². The second-order valence-electron chi connectivity index (χ2n) is 4.48. The Balaban J connectivity index is 1.93. The molecule has 0 radical (unpaired) electrons. The van der Waals surface area contributed by atoms with Gasteiger partial charge in [0.1, 0.15) is 5.01 Å². The van der Waals surface area contributed by atoms with Gasteiger partial charge in [0.15, 0.2) is 5.69 Å². The zero-order chi connectivity index (χ0) is 15.4. The van der Waals surface area contributed by atoms with Gasteiger partial charge in [-0.1, -0.05) is 6.07 Å². The molecule has 0 saturated heterocycles. The minimum Gasteiger partial charge on any atom is -0.476 e. The molecule has 0 aliphatic rings. The molecule has 112 valence electrons. The predicted octanol–water partition coefficient (Wildman–Crippen LogP) is 2.81. The molecule has 0 bridgehead atoms. The van der Waals surface area contributed by atoms with Gasteiger partial charge < -0.3 is 15.3 Å². The van der Waals surface area contributed by atoms with Crippen molar-refractivity contribution in [1.29, 1.82) is 0 Å². The Hall–Kier alpha value is -1.93. The van der Waals surface area contributed by atoms with Crippen LogP contribution in [-0.2, 0) is 6.54 Å². The molecule has 1 unspecified atom stereocenters. The molecule has 0 saturated carbocycles. The number of thiazole rings is 1. The zero-order valence-corrected chi connectivity index (χ0v) is 13.2. The minimum absolute atomic E-state index is 0.00281. The average Bonchev–Trinajstić information content (AvgIpc) is 3.09. The van der Waals surface area contributed by atoms with Crippen LogP contribution in [0.1, 0.15) is 33.3 Å². The maximum atomic E-state index is 12.1. The number of hydrogen-bond acceptors (Lipinski definition) is 5. The van der Waals surface area contributed by atoms with Crippen molar-refractivity contribution in [2.45, 2.75) is 19.5 Å². The molecule has 0 aliphatic heterocycles. The highest BCUT2D eigenvalue weighted by atomic mass is 32.1.